The highest BCUT2D eigenvalue weighted by molar-refractivity contribution is 5.85. The van der Waals surface area contributed by atoms with E-state index < -0.39 is 6.10 Å². The van der Waals surface area contributed by atoms with Crippen LogP contribution < -0.4 is 5.73 Å². The molecule has 1 aromatic rings. The molecule has 1 fully saturated rings. The summed E-state index contributed by atoms with van der Waals surface area (Å²) in [4.78, 5) is 0. The van der Waals surface area contributed by atoms with Crippen LogP contribution in [0, 0.1) is 19.8 Å². The van der Waals surface area contributed by atoms with Gasteiger partial charge in [-0.3, -0.25) is 0 Å². The lowest BCUT2D eigenvalue weighted by Crippen LogP contribution is -2.33. The molecule has 1 aliphatic rings. The summed E-state index contributed by atoms with van der Waals surface area (Å²) in [5, 5.41) is 19.9. The fraction of sp³-hybridized carbons (Fsp3) is 0.600. The van der Waals surface area contributed by atoms with E-state index in [0.717, 1.165) is 29.5 Å². The van der Waals surface area contributed by atoms with Crippen molar-refractivity contribution < 1.29 is 10.2 Å². The molecule has 0 aromatic heterocycles. The van der Waals surface area contributed by atoms with Crippen molar-refractivity contribution in [2.24, 2.45) is 11.7 Å². The minimum absolute atomic E-state index is 0. The molecular formula is C15H24ClNO2. The van der Waals surface area contributed by atoms with Gasteiger partial charge in [-0.05, 0) is 61.4 Å². The summed E-state index contributed by atoms with van der Waals surface area (Å²) < 4.78 is 0. The Labute approximate surface area is 121 Å². The second kappa shape index (κ2) is 6.60. The number of aliphatic hydroxyl groups is 1. The largest absolute Gasteiger partial charge is 0.508 e. The van der Waals surface area contributed by atoms with Gasteiger partial charge in [-0.1, -0.05) is 12.8 Å². The highest BCUT2D eigenvalue weighted by atomic mass is 35.5. The average Bonchev–Trinajstić information content (AvgIpc) is 2.79. The molecule has 0 radical (unpaired) electrons. The van der Waals surface area contributed by atoms with Crippen molar-refractivity contribution in [1.29, 1.82) is 0 Å². The number of phenolic OH excluding ortho intramolecular Hbond substituents is 1. The van der Waals surface area contributed by atoms with E-state index in [0.29, 0.717) is 5.92 Å². The zero-order valence-electron chi connectivity index (χ0n) is 11.6. The number of rotatable bonds is 3. The lowest BCUT2D eigenvalue weighted by molar-refractivity contribution is 0.0840. The van der Waals surface area contributed by atoms with E-state index >= 15 is 0 Å². The molecule has 3 nitrogen and oxygen atoms in total. The van der Waals surface area contributed by atoms with Gasteiger partial charge in [-0.2, -0.15) is 0 Å². The van der Waals surface area contributed by atoms with Crippen LogP contribution in [0.15, 0.2) is 12.1 Å². The van der Waals surface area contributed by atoms with Crippen LogP contribution in [-0.2, 0) is 0 Å². The molecule has 0 unspecified atom stereocenters. The zero-order valence-corrected chi connectivity index (χ0v) is 12.4. The molecular weight excluding hydrogens is 262 g/mol. The normalized spacial score (nSPS) is 18.9. The second-order valence-corrected chi connectivity index (χ2v) is 5.55. The van der Waals surface area contributed by atoms with Crippen molar-refractivity contribution in [3.63, 3.8) is 0 Å². The third kappa shape index (κ3) is 3.41. The summed E-state index contributed by atoms with van der Waals surface area (Å²) in [5.74, 6) is 0.587. The third-order valence-corrected chi connectivity index (χ3v) is 4.16. The maximum atomic E-state index is 10.4. The molecule has 2 atom stereocenters. The quantitative estimate of drug-likeness (QED) is 0.800. The van der Waals surface area contributed by atoms with Gasteiger partial charge in [0.15, 0.2) is 0 Å². The molecule has 0 bridgehead atoms. The number of aromatic hydroxyl groups is 1. The number of phenols is 1. The van der Waals surface area contributed by atoms with Gasteiger partial charge in [0.1, 0.15) is 5.75 Å². The smallest absolute Gasteiger partial charge is 0.116 e. The molecule has 1 aromatic carbocycles. The van der Waals surface area contributed by atoms with Crippen molar-refractivity contribution in [1.82, 2.24) is 0 Å². The minimum Gasteiger partial charge on any atom is -0.508 e. The predicted molar refractivity (Wildman–Crippen MR) is 79.7 cm³/mol. The van der Waals surface area contributed by atoms with Gasteiger partial charge >= 0.3 is 0 Å². The van der Waals surface area contributed by atoms with Gasteiger partial charge < -0.3 is 15.9 Å². The van der Waals surface area contributed by atoms with Crippen molar-refractivity contribution in [2.75, 3.05) is 0 Å². The van der Waals surface area contributed by atoms with Crippen LogP contribution >= 0.6 is 12.4 Å². The van der Waals surface area contributed by atoms with Gasteiger partial charge in [0.25, 0.3) is 0 Å². The van der Waals surface area contributed by atoms with Gasteiger partial charge in [-0.25, -0.2) is 0 Å². The Morgan fingerprint density at radius 2 is 1.63 bits per heavy atom. The summed E-state index contributed by atoms with van der Waals surface area (Å²) in [5.41, 5.74) is 9.13. The fourth-order valence-corrected chi connectivity index (χ4v) is 3.24. The van der Waals surface area contributed by atoms with E-state index in [1.165, 1.54) is 12.8 Å². The molecule has 1 aliphatic carbocycles. The molecule has 0 saturated heterocycles. The monoisotopic (exact) mass is 285 g/mol. The average molecular weight is 286 g/mol. The Balaban J connectivity index is 0.00000180. The Morgan fingerprint density at radius 1 is 1.16 bits per heavy atom. The van der Waals surface area contributed by atoms with Crippen LogP contribution in [0.3, 0.4) is 0 Å². The molecule has 19 heavy (non-hydrogen) atoms. The number of benzene rings is 1. The molecule has 0 heterocycles. The first kappa shape index (κ1) is 16.3. The van der Waals surface area contributed by atoms with Gasteiger partial charge in [0.2, 0.25) is 0 Å². The standard InChI is InChI=1S/C15H23NO2.ClH/c1-9-7-12(17)8-10(2)13(9)14(16)15(18)11-5-3-4-6-11;/h7-8,11,14-15,17-18H,3-6,16H2,1-2H3;1H/t14-,15+;/m1./s1. The maximum Gasteiger partial charge on any atom is 0.116 e. The van der Waals surface area contributed by atoms with Crippen LogP contribution in [-0.4, -0.2) is 16.3 Å². The summed E-state index contributed by atoms with van der Waals surface area (Å²) in [6.07, 6.45) is 4.06. The SMILES string of the molecule is Cc1cc(O)cc(C)c1[C@@H](N)[C@@H](O)C1CCCC1.Cl. The molecule has 0 aliphatic heterocycles. The molecule has 4 heteroatoms. The number of halogens is 1. The van der Waals surface area contributed by atoms with Crippen molar-refractivity contribution in [3.05, 3.63) is 28.8 Å². The lowest BCUT2D eigenvalue weighted by Gasteiger charge is -2.27. The Bertz CT molecular complexity index is 407. The number of aliphatic hydroxyl groups excluding tert-OH is 1. The highest BCUT2D eigenvalue weighted by Gasteiger charge is 2.30. The summed E-state index contributed by atoms with van der Waals surface area (Å²) in [6, 6.07) is 3.07. The van der Waals surface area contributed by atoms with Crippen LogP contribution in [0.25, 0.3) is 0 Å². The fourth-order valence-electron chi connectivity index (χ4n) is 3.24. The Hall–Kier alpha value is -0.770. The molecule has 0 amide bonds. The summed E-state index contributed by atoms with van der Waals surface area (Å²) in [7, 11) is 0. The Kier molecular flexibility index (Phi) is 5.65. The van der Waals surface area contributed by atoms with Crippen molar-refractivity contribution in [3.8, 4) is 5.75 Å². The second-order valence-electron chi connectivity index (χ2n) is 5.55. The molecule has 4 N–H and O–H groups in total. The van der Waals surface area contributed by atoms with Crippen molar-refractivity contribution in [2.45, 2.75) is 51.7 Å². The minimum atomic E-state index is -0.477. The van der Waals surface area contributed by atoms with E-state index in [4.69, 9.17) is 5.73 Å². The van der Waals surface area contributed by atoms with Gasteiger partial charge in [0.05, 0.1) is 12.1 Å². The summed E-state index contributed by atoms with van der Waals surface area (Å²) >= 11 is 0. The first-order chi connectivity index (χ1) is 8.50. The zero-order chi connectivity index (χ0) is 13.3. The molecule has 0 spiro atoms. The number of hydrogen-bond acceptors (Lipinski definition) is 3. The highest BCUT2D eigenvalue weighted by Crippen LogP contribution is 2.35. The molecule has 1 saturated carbocycles. The molecule has 2 rings (SSSR count). The third-order valence-electron chi connectivity index (χ3n) is 4.16. The number of aryl methyl sites for hydroxylation is 2. The first-order valence-corrected chi connectivity index (χ1v) is 6.74. The van der Waals surface area contributed by atoms with Crippen molar-refractivity contribution >= 4 is 12.4 Å². The van der Waals surface area contributed by atoms with E-state index in [1.807, 2.05) is 13.8 Å². The predicted octanol–water partition coefficient (Wildman–Crippen LogP) is 2.98. The maximum absolute atomic E-state index is 10.4. The van der Waals surface area contributed by atoms with E-state index in [1.54, 1.807) is 12.1 Å². The van der Waals surface area contributed by atoms with Gasteiger partial charge in [-0.15, -0.1) is 12.4 Å². The Morgan fingerprint density at radius 3 is 2.11 bits per heavy atom. The topological polar surface area (TPSA) is 66.5 Å². The van der Waals surface area contributed by atoms with Crippen LogP contribution in [0.2, 0.25) is 0 Å². The summed E-state index contributed by atoms with van der Waals surface area (Å²) in [6.45, 7) is 3.87. The van der Waals surface area contributed by atoms with E-state index in [-0.39, 0.29) is 24.2 Å². The number of hydrogen-bond donors (Lipinski definition) is 3. The van der Waals surface area contributed by atoms with Crippen LogP contribution in [0.5, 0.6) is 5.75 Å². The van der Waals surface area contributed by atoms with Crippen LogP contribution in [0.4, 0.5) is 0 Å². The molecule has 108 valence electrons. The van der Waals surface area contributed by atoms with E-state index in [2.05, 4.69) is 0 Å². The van der Waals surface area contributed by atoms with Gasteiger partial charge in [0, 0.05) is 0 Å². The van der Waals surface area contributed by atoms with Crippen LogP contribution in [0.1, 0.15) is 48.4 Å². The lowest BCUT2D eigenvalue weighted by atomic mass is 9.87. The number of nitrogens with two attached hydrogens (primary N) is 1. The van der Waals surface area contributed by atoms with E-state index in [9.17, 15) is 10.2 Å². The first-order valence-electron chi connectivity index (χ1n) is 6.74.